The van der Waals surface area contributed by atoms with Gasteiger partial charge in [-0.1, -0.05) is 0 Å². The summed E-state index contributed by atoms with van der Waals surface area (Å²) in [7, 11) is 0. The molecule has 2 rings (SSSR count). The van der Waals surface area contributed by atoms with E-state index in [1.807, 2.05) is 27.7 Å². The van der Waals surface area contributed by atoms with Crippen molar-refractivity contribution in [3.8, 4) is 0 Å². The molecule has 1 fully saturated rings. The van der Waals surface area contributed by atoms with Gasteiger partial charge in [0, 0.05) is 4.88 Å². The van der Waals surface area contributed by atoms with E-state index in [1.165, 1.54) is 16.2 Å². The number of aryl methyl sites for hydroxylation is 1. The monoisotopic (exact) mass is 283 g/mol. The summed E-state index contributed by atoms with van der Waals surface area (Å²) in [5.41, 5.74) is 6.15. The Bertz CT molecular complexity index is 479. The van der Waals surface area contributed by atoms with Gasteiger partial charge in [-0.05, 0) is 52.5 Å². The van der Waals surface area contributed by atoms with Gasteiger partial charge in [-0.25, -0.2) is 9.78 Å². The Morgan fingerprint density at radius 1 is 1.58 bits per heavy atom. The molecule has 0 aliphatic heterocycles. The Morgan fingerprint density at radius 2 is 2.26 bits per heavy atom. The molecule has 1 amide bonds. The van der Waals surface area contributed by atoms with Crippen molar-refractivity contribution < 1.29 is 9.53 Å². The summed E-state index contributed by atoms with van der Waals surface area (Å²) in [6.07, 6.45) is 0.671. The number of carbonyl (C=O) groups excluding carboxylic acids is 1. The molecule has 0 spiro atoms. The number of thiazole rings is 1. The van der Waals surface area contributed by atoms with Crippen LogP contribution in [0.4, 0.5) is 9.93 Å². The maximum absolute atomic E-state index is 11.7. The van der Waals surface area contributed by atoms with Crippen LogP contribution in [0.2, 0.25) is 0 Å². The highest BCUT2D eigenvalue weighted by atomic mass is 32.1. The van der Waals surface area contributed by atoms with Gasteiger partial charge in [-0.3, -0.25) is 5.32 Å². The number of ether oxygens (including phenoxy) is 1. The molecule has 106 valence electrons. The van der Waals surface area contributed by atoms with Gasteiger partial charge in [0.2, 0.25) is 0 Å². The molecule has 5 nitrogen and oxygen atoms in total. The van der Waals surface area contributed by atoms with Crippen molar-refractivity contribution in [3.05, 3.63) is 10.6 Å². The van der Waals surface area contributed by atoms with Gasteiger partial charge in [0.25, 0.3) is 0 Å². The summed E-state index contributed by atoms with van der Waals surface area (Å²) in [6, 6.07) is 0. The summed E-state index contributed by atoms with van der Waals surface area (Å²) >= 11 is 1.52. The molecule has 0 aromatic carbocycles. The lowest BCUT2D eigenvalue weighted by Gasteiger charge is -2.18. The fourth-order valence-corrected chi connectivity index (χ4v) is 3.18. The Morgan fingerprint density at radius 3 is 2.79 bits per heavy atom. The molecule has 0 saturated heterocycles. The number of nitrogens with one attached hydrogen (secondary N) is 1. The summed E-state index contributed by atoms with van der Waals surface area (Å²) in [6.45, 7) is 8.19. The van der Waals surface area contributed by atoms with E-state index >= 15 is 0 Å². The van der Waals surface area contributed by atoms with Crippen molar-refractivity contribution >= 4 is 22.6 Å². The third-order valence-electron chi connectivity index (χ3n) is 3.00. The SMILES string of the molecule is Cc1nc(NC(=O)OC(C)(C)C)sc1[C@@H]1C[C@H]1CN. The average molecular weight is 283 g/mol. The van der Waals surface area contributed by atoms with E-state index in [9.17, 15) is 4.79 Å². The number of rotatable bonds is 3. The Labute approximate surface area is 117 Å². The largest absolute Gasteiger partial charge is 0.444 e. The van der Waals surface area contributed by atoms with Crippen LogP contribution < -0.4 is 11.1 Å². The van der Waals surface area contributed by atoms with Crippen LogP contribution in [0.1, 0.15) is 43.7 Å². The van der Waals surface area contributed by atoms with Crippen LogP contribution >= 0.6 is 11.3 Å². The van der Waals surface area contributed by atoms with E-state index in [-0.39, 0.29) is 0 Å². The first-order valence-corrected chi connectivity index (χ1v) is 7.29. The molecule has 1 aromatic rings. The highest BCUT2D eigenvalue weighted by Gasteiger charge is 2.39. The van der Waals surface area contributed by atoms with Gasteiger partial charge in [0.05, 0.1) is 5.69 Å². The lowest BCUT2D eigenvalue weighted by Crippen LogP contribution is -2.27. The molecule has 0 radical (unpaired) electrons. The quantitative estimate of drug-likeness (QED) is 0.894. The summed E-state index contributed by atoms with van der Waals surface area (Å²) < 4.78 is 5.21. The minimum absolute atomic E-state index is 0.459. The first-order chi connectivity index (χ1) is 8.80. The Balaban J connectivity index is 1.99. The van der Waals surface area contributed by atoms with E-state index in [4.69, 9.17) is 10.5 Å². The minimum Gasteiger partial charge on any atom is -0.444 e. The number of hydrogen-bond donors (Lipinski definition) is 2. The summed E-state index contributed by atoms with van der Waals surface area (Å²) in [5.74, 6) is 1.10. The predicted octanol–water partition coefficient (Wildman–Crippen LogP) is 2.86. The van der Waals surface area contributed by atoms with Crippen molar-refractivity contribution in [3.63, 3.8) is 0 Å². The number of amides is 1. The summed E-state index contributed by atoms with van der Waals surface area (Å²) in [5, 5.41) is 3.29. The number of carbonyl (C=O) groups is 1. The Kier molecular flexibility index (Phi) is 3.82. The van der Waals surface area contributed by atoms with Crippen LogP contribution in [0, 0.1) is 12.8 Å². The van der Waals surface area contributed by atoms with Gasteiger partial charge in [0.1, 0.15) is 5.60 Å². The van der Waals surface area contributed by atoms with Crippen molar-refractivity contribution in [2.24, 2.45) is 11.7 Å². The highest BCUT2D eigenvalue weighted by Crippen LogP contribution is 2.50. The number of nitrogens with zero attached hydrogens (tertiary/aromatic N) is 1. The number of nitrogens with two attached hydrogens (primary N) is 1. The molecular formula is C13H21N3O2S. The fourth-order valence-electron chi connectivity index (χ4n) is 2.03. The molecular weight excluding hydrogens is 262 g/mol. The third-order valence-corrected chi connectivity index (χ3v) is 4.21. The van der Waals surface area contributed by atoms with Crippen molar-refractivity contribution in [1.29, 1.82) is 0 Å². The molecule has 19 heavy (non-hydrogen) atoms. The van der Waals surface area contributed by atoms with E-state index in [0.29, 0.717) is 17.0 Å². The topological polar surface area (TPSA) is 77.2 Å². The zero-order valence-electron chi connectivity index (χ0n) is 11.8. The zero-order chi connectivity index (χ0) is 14.2. The second-order valence-electron chi connectivity index (χ2n) is 5.93. The lowest BCUT2D eigenvalue weighted by molar-refractivity contribution is 0.0636. The zero-order valence-corrected chi connectivity index (χ0v) is 12.6. The highest BCUT2D eigenvalue weighted by molar-refractivity contribution is 7.16. The molecule has 0 unspecified atom stereocenters. The van der Waals surface area contributed by atoms with Crippen LogP contribution in [0.25, 0.3) is 0 Å². The van der Waals surface area contributed by atoms with Crippen LogP contribution in [-0.4, -0.2) is 23.2 Å². The Hall–Kier alpha value is -1.14. The van der Waals surface area contributed by atoms with Crippen LogP contribution in [-0.2, 0) is 4.74 Å². The average Bonchev–Trinajstić information content (AvgIpc) is 2.94. The number of hydrogen-bond acceptors (Lipinski definition) is 5. The lowest BCUT2D eigenvalue weighted by atomic mass is 10.2. The van der Waals surface area contributed by atoms with E-state index < -0.39 is 11.7 Å². The standard InChI is InChI=1S/C13H21N3O2S/c1-7-10(9-5-8(9)6-14)19-11(15-7)16-12(17)18-13(2,3)4/h8-9H,5-6,14H2,1-4H3,(H,15,16,17)/t8-,9+/m0/s1. The number of anilines is 1. The van der Waals surface area contributed by atoms with Gasteiger partial charge < -0.3 is 10.5 Å². The molecule has 1 heterocycles. The molecule has 6 heteroatoms. The molecule has 1 aliphatic rings. The third kappa shape index (κ3) is 3.67. The van der Waals surface area contributed by atoms with E-state index in [1.54, 1.807) is 0 Å². The fraction of sp³-hybridized carbons (Fsp3) is 0.692. The molecule has 0 bridgehead atoms. The maximum Gasteiger partial charge on any atom is 0.413 e. The van der Waals surface area contributed by atoms with Crippen molar-refractivity contribution in [2.75, 3.05) is 11.9 Å². The second kappa shape index (κ2) is 5.09. The second-order valence-corrected chi connectivity index (χ2v) is 6.96. The van der Waals surface area contributed by atoms with Crippen LogP contribution in [0.3, 0.4) is 0 Å². The van der Waals surface area contributed by atoms with Crippen molar-refractivity contribution in [2.45, 2.75) is 45.6 Å². The van der Waals surface area contributed by atoms with E-state index in [2.05, 4.69) is 10.3 Å². The molecule has 1 saturated carbocycles. The summed E-state index contributed by atoms with van der Waals surface area (Å²) in [4.78, 5) is 17.3. The molecule has 3 N–H and O–H groups in total. The normalized spacial score (nSPS) is 22.2. The van der Waals surface area contributed by atoms with Crippen LogP contribution in [0.5, 0.6) is 0 Å². The first-order valence-electron chi connectivity index (χ1n) is 6.47. The smallest absolute Gasteiger partial charge is 0.413 e. The van der Waals surface area contributed by atoms with Crippen molar-refractivity contribution in [1.82, 2.24) is 4.98 Å². The molecule has 2 atom stereocenters. The molecule has 1 aromatic heterocycles. The minimum atomic E-state index is -0.500. The molecule has 1 aliphatic carbocycles. The van der Waals surface area contributed by atoms with Gasteiger partial charge >= 0.3 is 6.09 Å². The van der Waals surface area contributed by atoms with Crippen LogP contribution in [0.15, 0.2) is 0 Å². The predicted molar refractivity (Wildman–Crippen MR) is 76.6 cm³/mol. The van der Waals surface area contributed by atoms with Gasteiger partial charge in [0.15, 0.2) is 5.13 Å². The van der Waals surface area contributed by atoms with Gasteiger partial charge in [-0.15, -0.1) is 11.3 Å². The first kappa shape index (κ1) is 14.3. The number of aromatic nitrogens is 1. The maximum atomic E-state index is 11.7. The van der Waals surface area contributed by atoms with Gasteiger partial charge in [-0.2, -0.15) is 0 Å². The van der Waals surface area contributed by atoms with E-state index in [0.717, 1.165) is 18.7 Å².